The number of ether oxygens (including phenoxy) is 5. The van der Waals surface area contributed by atoms with Crippen LogP contribution in [0.15, 0.2) is 18.2 Å². The Morgan fingerprint density at radius 3 is 2.00 bits per heavy atom. The molecule has 1 aromatic carbocycles. The van der Waals surface area contributed by atoms with E-state index in [9.17, 15) is 24.0 Å². The molecular weight excluding hydrogens is 497 g/mol. The van der Waals surface area contributed by atoms with Crippen LogP contribution in [0.1, 0.15) is 38.1 Å². The van der Waals surface area contributed by atoms with E-state index in [0.29, 0.717) is 5.02 Å². The van der Waals surface area contributed by atoms with Gasteiger partial charge >= 0.3 is 23.9 Å². The Morgan fingerprint density at radius 1 is 0.882 bits per heavy atom. The van der Waals surface area contributed by atoms with Crippen molar-refractivity contribution >= 4 is 53.0 Å². The highest BCUT2D eigenvalue weighted by Crippen LogP contribution is 2.29. The molecule has 1 aliphatic heterocycles. The van der Waals surface area contributed by atoms with E-state index in [2.05, 4.69) is 5.32 Å². The molecule has 0 saturated carbocycles. The number of nitrogens with one attached hydrogen (secondary N) is 1. The monoisotopic (exact) mass is 519 g/mol. The molecule has 1 fully saturated rings. The first-order valence-corrected chi connectivity index (χ1v) is 10.7. The summed E-state index contributed by atoms with van der Waals surface area (Å²) in [5, 5.41) is 2.87. The van der Waals surface area contributed by atoms with E-state index in [-0.39, 0.29) is 10.6 Å². The van der Waals surface area contributed by atoms with Crippen LogP contribution in [0.2, 0.25) is 10.0 Å². The second-order valence-electron chi connectivity index (χ2n) is 7.23. The molecule has 2 rings (SSSR count). The molecule has 1 aliphatic rings. The number of hydrogen-bond donors (Lipinski definition) is 1. The van der Waals surface area contributed by atoms with E-state index in [1.807, 2.05) is 0 Å². The van der Waals surface area contributed by atoms with E-state index in [0.717, 1.165) is 27.7 Å². The van der Waals surface area contributed by atoms with Crippen molar-refractivity contribution in [3.05, 3.63) is 33.8 Å². The van der Waals surface area contributed by atoms with E-state index in [1.54, 1.807) is 0 Å². The highest BCUT2D eigenvalue weighted by Gasteiger charge is 2.52. The van der Waals surface area contributed by atoms with Gasteiger partial charge in [-0.1, -0.05) is 23.2 Å². The fourth-order valence-corrected chi connectivity index (χ4v) is 3.72. The molecule has 0 bridgehead atoms. The Hall–Kier alpha value is -2.89. The second-order valence-corrected chi connectivity index (χ2v) is 8.07. The predicted octanol–water partition coefficient (Wildman–Crippen LogP) is 1.81. The van der Waals surface area contributed by atoms with Crippen molar-refractivity contribution in [3.63, 3.8) is 0 Å². The van der Waals surface area contributed by atoms with E-state index in [4.69, 9.17) is 46.9 Å². The van der Waals surface area contributed by atoms with Crippen LogP contribution in [-0.4, -0.2) is 67.0 Å². The summed E-state index contributed by atoms with van der Waals surface area (Å²) in [5.74, 6) is -3.75. The van der Waals surface area contributed by atoms with Gasteiger partial charge in [0, 0.05) is 32.7 Å². The minimum atomic E-state index is -1.51. The third-order valence-corrected chi connectivity index (χ3v) is 5.00. The number of carbonyl (C=O) groups excluding carboxylic acids is 5. The molecule has 1 amide bonds. The molecule has 0 radical (unpaired) electrons. The summed E-state index contributed by atoms with van der Waals surface area (Å²) in [5.41, 5.74) is 0.0142. The third kappa shape index (κ3) is 7.57. The maximum absolute atomic E-state index is 13.0. The van der Waals surface area contributed by atoms with Crippen LogP contribution < -0.4 is 5.32 Å². The Morgan fingerprint density at radius 2 is 1.47 bits per heavy atom. The Balaban J connectivity index is 2.48. The lowest BCUT2D eigenvalue weighted by Gasteiger charge is -2.44. The zero-order valence-corrected chi connectivity index (χ0v) is 20.2. The average molecular weight is 520 g/mol. The van der Waals surface area contributed by atoms with Crippen LogP contribution in [0, 0.1) is 0 Å². The molecule has 0 spiro atoms. The van der Waals surface area contributed by atoms with Crippen LogP contribution in [0.3, 0.4) is 0 Å². The largest absolute Gasteiger partial charge is 0.463 e. The molecule has 0 unspecified atom stereocenters. The summed E-state index contributed by atoms with van der Waals surface area (Å²) >= 11 is 12.0. The summed E-state index contributed by atoms with van der Waals surface area (Å²) in [6.45, 7) is 4.02. The van der Waals surface area contributed by atoms with Gasteiger partial charge in [0.25, 0.3) is 5.91 Å². The first kappa shape index (κ1) is 27.4. The van der Waals surface area contributed by atoms with E-state index in [1.165, 1.54) is 18.2 Å². The summed E-state index contributed by atoms with van der Waals surface area (Å²) in [6, 6.07) is 2.80. The second kappa shape index (κ2) is 12.0. The quantitative estimate of drug-likeness (QED) is 0.418. The van der Waals surface area contributed by atoms with E-state index < -0.39 is 67.0 Å². The zero-order valence-electron chi connectivity index (χ0n) is 18.7. The molecular formula is C21H23Cl2NO10. The minimum Gasteiger partial charge on any atom is -0.463 e. The number of hydrogen-bond acceptors (Lipinski definition) is 10. The van der Waals surface area contributed by atoms with Crippen molar-refractivity contribution in [1.29, 1.82) is 0 Å². The molecule has 13 heteroatoms. The van der Waals surface area contributed by atoms with Crippen molar-refractivity contribution in [3.8, 4) is 0 Å². The molecule has 5 atom stereocenters. The van der Waals surface area contributed by atoms with Gasteiger partial charge in [0.1, 0.15) is 18.8 Å². The number of esters is 4. The molecule has 1 aromatic rings. The van der Waals surface area contributed by atoms with Gasteiger partial charge in [0.2, 0.25) is 6.29 Å². The summed E-state index contributed by atoms with van der Waals surface area (Å²) in [4.78, 5) is 59.7. The van der Waals surface area contributed by atoms with E-state index >= 15 is 0 Å². The predicted molar refractivity (Wildman–Crippen MR) is 116 cm³/mol. The zero-order chi connectivity index (χ0) is 25.6. The highest BCUT2D eigenvalue weighted by molar-refractivity contribution is 6.36. The van der Waals surface area contributed by atoms with Gasteiger partial charge in [-0.3, -0.25) is 24.0 Å². The van der Waals surface area contributed by atoms with Crippen LogP contribution in [0.5, 0.6) is 0 Å². The van der Waals surface area contributed by atoms with Gasteiger partial charge in [-0.25, -0.2) is 0 Å². The fourth-order valence-electron chi connectivity index (χ4n) is 3.22. The first-order valence-electron chi connectivity index (χ1n) is 9.95. The topological polar surface area (TPSA) is 144 Å². The van der Waals surface area contributed by atoms with Gasteiger partial charge in [0.15, 0.2) is 12.2 Å². The number of benzene rings is 1. The van der Waals surface area contributed by atoms with Gasteiger partial charge in [0.05, 0.1) is 10.6 Å². The molecule has 11 nitrogen and oxygen atoms in total. The van der Waals surface area contributed by atoms with Crippen molar-refractivity contribution in [1.82, 2.24) is 5.32 Å². The number of amides is 1. The Kier molecular flexibility index (Phi) is 9.66. The lowest BCUT2D eigenvalue weighted by Crippen LogP contribution is -2.67. The van der Waals surface area contributed by atoms with Gasteiger partial charge in [-0.2, -0.15) is 0 Å². The van der Waals surface area contributed by atoms with Gasteiger partial charge in [-0.15, -0.1) is 0 Å². The molecule has 0 aliphatic carbocycles. The van der Waals surface area contributed by atoms with Gasteiger partial charge < -0.3 is 29.0 Å². The smallest absolute Gasteiger partial charge is 0.305 e. The lowest BCUT2D eigenvalue weighted by atomic mass is 9.95. The molecule has 1 N–H and O–H groups in total. The normalized spacial score (nSPS) is 23.9. The van der Waals surface area contributed by atoms with Crippen LogP contribution in [0.25, 0.3) is 0 Å². The maximum atomic E-state index is 13.0. The molecule has 34 heavy (non-hydrogen) atoms. The van der Waals surface area contributed by atoms with Crippen molar-refractivity contribution in [2.45, 2.75) is 58.3 Å². The fraction of sp³-hybridized carbons (Fsp3) is 0.476. The standard InChI is InChI=1S/C21H23Cl2NO10/c1-9(25)30-8-16-18(31-10(2)26)19(32-11(3)27)17(21(34-16)33-12(4)28)24-20(29)14-6-5-13(22)7-15(14)23/h5-7,16-19,21H,8H2,1-4H3,(H,24,29)/t16-,17+,18+,19-,21-/m1/s1. The molecule has 1 saturated heterocycles. The summed E-state index contributed by atoms with van der Waals surface area (Å²) in [6.07, 6.45) is -5.44. The number of halogens is 2. The minimum absolute atomic E-state index is 0.0142. The lowest BCUT2D eigenvalue weighted by molar-refractivity contribution is -0.270. The highest BCUT2D eigenvalue weighted by atomic mass is 35.5. The van der Waals surface area contributed by atoms with Gasteiger partial charge in [-0.05, 0) is 18.2 Å². The van der Waals surface area contributed by atoms with Crippen molar-refractivity contribution < 1.29 is 47.7 Å². The molecule has 1 heterocycles. The summed E-state index contributed by atoms with van der Waals surface area (Å²) < 4.78 is 26.5. The van der Waals surface area contributed by atoms with Crippen molar-refractivity contribution in [2.24, 2.45) is 0 Å². The summed E-state index contributed by atoms with van der Waals surface area (Å²) in [7, 11) is 0. The first-order chi connectivity index (χ1) is 15.9. The van der Waals surface area contributed by atoms with Crippen LogP contribution >= 0.6 is 23.2 Å². The maximum Gasteiger partial charge on any atom is 0.305 e. The average Bonchev–Trinajstić information content (AvgIpc) is 2.69. The Labute approximate surface area is 204 Å². The van der Waals surface area contributed by atoms with Crippen LogP contribution in [-0.2, 0) is 42.9 Å². The number of carbonyl (C=O) groups is 5. The van der Waals surface area contributed by atoms with Crippen LogP contribution in [0.4, 0.5) is 0 Å². The SMILES string of the molecule is CC(=O)OC[C@H]1O[C@@H](OC(C)=O)[C@@H](NC(=O)c2ccc(Cl)cc2Cl)[C@@H](OC(C)=O)[C@H]1OC(C)=O. The number of rotatable bonds is 7. The third-order valence-electron chi connectivity index (χ3n) is 4.46. The molecule has 186 valence electrons. The van der Waals surface area contributed by atoms with Crippen molar-refractivity contribution in [2.75, 3.05) is 6.61 Å². The molecule has 0 aromatic heterocycles. The Bertz CT molecular complexity index is 969.